The largest absolute Gasteiger partial charge is 0.453 e. The van der Waals surface area contributed by atoms with Crippen molar-refractivity contribution in [2.24, 2.45) is 0 Å². The lowest BCUT2D eigenvalue weighted by Gasteiger charge is -2.02. The second-order valence-corrected chi connectivity index (χ2v) is 10.0. The fourth-order valence-corrected chi connectivity index (χ4v) is 4.23. The maximum atomic E-state index is 11.4. The zero-order valence-electron chi connectivity index (χ0n) is 17.4. The molecule has 0 bridgehead atoms. The highest BCUT2D eigenvalue weighted by Gasteiger charge is 2.16. The molecule has 15 heteroatoms. The van der Waals surface area contributed by atoms with E-state index in [0.717, 1.165) is 0 Å². The number of nitrogens with zero attached hydrogens (tertiary/aromatic N) is 6. The molecule has 2 N–H and O–H groups in total. The number of benzene rings is 2. The molecule has 0 aliphatic heterocycles. The van der Waals surface area contributed by atoms with E-state index in [4.69, 9.17) is 4.42 Å². The molecule has 0 aliphatic carbocycles. The molecule has 0 atom stereocenters. The van der Waals surface area contributed by atoms with Gasteiger partial charge in [-0.3, -0.25) is 9.11 Å². The van der Waals surface area contributed by atoms with Crippen LogP contribution in [0.15, 0.2) is 87.3 Å². The first-order valence-electron chi connectivity index (χ1n) is 9.69. The summed E-state index contributed by atoms with van der Waals surface area (Å²) in [6.07, 6.45) is 3.03. The summed E-state index contributed by atoms with van der Waals surface area (Å²) in [6.45, 7) is 0. The van der Waals surface area contributed by atoms with E-state index in [-0.39, 0.29) is 9.79 Å². The van der Waals surface area contributed by atoms with E-state index >= 15 is 0 Å². The maximum absolute atomic E-state index is 11.4. The molecule has 178 valence electrons. The van der Waals surface area contributed by atoms with E-state index in [9.17, 15) is 25.9 Å². The van der Waals surface area contributed by atoms with Crippen molar-refractivity contribution in [2.45, 2.75) is 9.79 Å². The summed E-state index contributed by atoms with van der Waals surface area (Å²) in [6, 6.07) is 14.4. The van der Waals surface area contributed by atoms with E-state index in [2.05, 4.69) is 20.6 Å². The van der Waals surface area contributed by atoms with Crippen LogP contribution in [0.2, 0.25) is 0 Å². The summed E-state index contributed by atoms with van der Waals surface area (Å²) in [4.78, 5) is -0.560. The van der Waals surface area contributed by atoms with Crippen LogP contribution in [0.3, 0.4) is 0 Å². The van der Waals surface area contributed by atoms with Gasteiger partial charge in [-0.25, -0.2) is 9.36 Å². The van der Waals surface area contributed by atoms with Crippen molar-refractivity contribution < 1.29 is 30.4 Å². The first-order chi connectivity index (χ1) is 16.6. The third kappa shape index (κ3) is 4.60. The van der Waals surface area contributed by atoms with E-state index < -0.39 is 20.2 Å². The Balaban J connectivity index is 1.41. The van der Waals surface area contributed by atoms with Gasteiger partial charge < -0.3 is 4.42 Å². The Kier molecular flexibility index (Phi) is 5.32. The minimum absolute atomic E-state index is 0.280. The van der Waals surface area contributed by atoms with Gasteiger partial charge in [0.15, 0.2) is 11.5 Å². The average molecular weight is 515 g/mol. The molecule has 35 heavy (non-hydrogen) atoms. The van der Waals surface area contributed by atoms with Crippen molar-refractivity contribution in [1.82, 2.24) is 30.0 Å². The van der Waals surface area contributed by atoms with Crippen LogP contribution < -0.4 is 0 Å². The highest BCUT2D eigenvalue weighted by Crippen LogP contribution is 2.27. The molecule has 0 saturated heterocycles. The minimum atomic E-state index is -4.37. The van der Waals surface area contributed by atoms with Crippen LogP contribution in [0.4, 0.5) is 0 Å². The molecule has 0 spiro atoms. The highest BCUT2D eigenvalue weighted by atomic mass is 32.2. The summed E-state index contributed by atoms with van der Waals surface area (Å²) in [7, 11) is -8.74. The third-order valence-corrected chi connectivity index (χ3v) is 6.56. The first-order valence-corrected chi connectivity index (χ1v) is 12.6. The van der Waals surface area contributed by atoms with Gasteiger partial charge >= 0.3 is 0 Å². The molecule has 5 rings (SSSR count). The second kappa shape index (κ2) is 8.24. The normalized spacial score (nSPS) is 12.2. The first kappa shape index (κ1) is 22.6. The standard InChI is InChI=1S/C20H14N6O7S2/c27-34(28,29)15-5-1-3-13(9-15)25-11-17(21-23-25)19-7-8-20(33-19)18-12-26(24-22-18)14-4-2-6-16(10-14)35(30,31)32/h1-12H,(H,27,28,29)(H,30,31,32). The van der Waals surface area contributed by atoms with Crippen LogP contribution in [-0.2, 0) is 20.2 Å². The molecule has 3 heterocycles. The Hall–Kier alpha value is -4.18. The van der Waals surface area contributed by atoms with Gasteiger partial charge in [0, 0.05) is 0 Å². The van der Waals surface area contributed by atoms with E-state index in [1.54, 1.807) is 24.3 Å². The molecular weight excluding hydrogens is 500 g/mol. The monoisotopic (exact) mass is 514 g/mol. The van der Waals surface area contributed by atoms with Crippen molar-refractivity contribution in [3.63, 3.8) is 0 Å². The Morgan fingerprint density at radius 3 is 1.49 bits per heavy atom. The zero-order chi connectivity index (χ0) is 24.8. The quantitative estimate of drug-likeness (QED) is 0.317. The van der Waals surface area contributed by atoms with Crippen molar-refractivity contribution in [2.75, 3.05) is 0 Å². The van der Waals surface area contributed by atoms with Crippen molar-refractivity contribution in [3.05, 3.63) is 73.1 Å². The SMILES string of the molecule is O=S(=O)(O)c1cccc(-n2cc(-c3ccc(-c4cn(-c5cccc(S(=O)(=O)O)c5)nn4)o3)nn2)c1. The molecule has 13 nitrogen and oxygen atoms in total. The summed E-state index contributed by atoms with van der Waals surface area (Å²) >= 11 is 0. The van der Waals surface area contributed by atoms with Crippen LogP contribution in [-0.4, -0.2) is 55.9 Å². The van der Waals surface area contributed by atoms with Gasteiger partial charge in [-0.15, -0.1) is 10.2 Å². The molecule has 0 amide bonds. The van der Waals surface area contributed by atoms with Crippen molar-refractivity contribution in [3.8, 4) is 34.3 Å². The highest BCUT2D eigenvalue weighted by molar-refractivity contribution is 7.86. The molecule has 0 aliphatic rings. The van der Waals surface area contributed by atoms with Gasteiger partial charge in [0.1, 0.15) is 11.4 Å². The molecule has 0 saturated carbocycles. The number of hydrogen-bond donors (Lipinski definition) is 2. The van der Waals surface area contributed by atoms with Crippen molar-refractivity contribution in [1.29, 1.82) is 0 Å². The van der Waals surface area contributed by atoms with Crippen LogP contribution in [0.1, 0.15) is 0 Å². The molecular formula is C20H14N6O7S2. The van der Waals surface area contributed by atoms with Gasteiger partial charge in [0.05, 0.1) is 33.6 Å². The van der Waals surface area contributed by atoms with Crippen LogP contribution in [0.5, 0.6) is 0 Å². The molecule has 0 unspecified atom stereocenters. The van der Waals surface area contributed by atoms with E-state index in [1.807, 2.05) is 0 Å². The molecule has 0 radical (unpaired) electrons. The van der Waals surface area contributed by atoms with Gasteiger partial charge in [-0.2, -0.15) is 16.8 Å². The number of hydrogen-bond acceptors (Lipinski definition) is 9. The fraction of sp³-hybridized carbons (Fsp3) is 0. The summed E-state index contributed by atoms with van der Waals surface area (Å²) in [5.74, 6) is 0.695. The smallest absolute Gasteiger partial charge is 0.294 e. The average Bonchev–Trinajstić information content (AvgIpc) is 3.58. The van der Waals surface area contributed by atoms with Crippen LogP contribution in [0.25, 0.3) is 34.3 Å². The third-order valence-electron chi connectivity index (χ3n) is 4.86. The van der Waals surface area contributed by atoms with Gasteiger partial charge in [-0.1, -0.05) is 22.6 Å². The Bertz CT molecular complexity index is 1640. The van der Waals surface area contributed by atoms with Gasteiger partial charge in [-0.05, 0) is 48.5 Å². The Morgan fingerprint density at radius 1 is 0.657 bits per heavy atom. The van der Waals surface area contributed by atoms with Crippen molar-refractivity contribution >= 4 is 20.2 Å². The molecule has 5 aromatic rings. The molecule has 2 aromatic carbocycles. The molecule has 0 fully saturated rings. The van der Waals surface area contributed by atoms with E-state index in [0.29, 0.717) is 34.3 Å². The van der Waals surface area contributed by atoms with E-state index in [1.165, 1.54) is 58.2 Å². The fourth-order valence-electron chi connectivity index (χ4n) is 3.19. The minimum Gasteiger partial charge on any atom is -0.453 e. The Morgan fingerprint density at radius 2 is 1.09 bits per heavy atom. The number of aromatic nitrogens is 6. The lowest BCUT2D eigenvalue weighted by Crippen LogP contribution is -2.01. The Labute approximate surface area is 197 Å². The number of furan rings is 1. The molecule has 3 aromatic heterocycles. The maximum Gasteiger partial charge on any atom is 0.294 e. The van der Waals surface area contributed by atoms with Crippen LogP contribution >= 0.6 is 0 Å². The lowest BCUT2D eigenvalue weighted by molar-refractivity contribution is 0.481. The predicted molar refractivity (Wildman–Crippen MR) is 119 cm³/mol. The summed E-state index contributed by atoms with van der Waals surface area (Å²) in [5, 5.41) is 16.0. The predicted octanol–water partition coefficient (Wildman–Crippen LogP) is 2.27. The summed E-state index contributed by atoms with van der Waals surface area (Å²) < 4.78 is 72.4. The summed E-state index contributed by atoms with van der Waals surface area (Å²) in [5.41, 5.74) is 1.42. The lowest BCUT2D eigenvalue weighted by atomic mass is 10.3. The topological polar surface area (TPSA) is 183 Å². The van der Waals surface area contributed by atoms with Gasteiger partial charge in [0.2, 0.25) is 0 Å². The zero-order valence-corrected chi connectivity index (χ0v) is 19.0. The van der Waals surface area contributed by atoms with Crippen LogP contribution in [0, 0.1) is 0 Å². The van der Waals surface area contributed by atoms with Gasteiger partial charge in [0.25, 0.3) is 20.2 Å². The second-order valence-electron chi connectivity index (χ2n) is 7.21. The number of rotatable bonds is 6.